The topological polar surface area (TPSA) is 88.6 Å². The second-order valence-corrected chi connectivity index (χ2v) is 10.0. The first-order valence-electron chi connectivity index (χ1n) is 9.44. The molecule has 1 fully saturated rings. The van der Waals surface area contributed by atoms with Crippen LogP contribution >= 0.6 is 11.3 Å². The van der Waals surface area contributed by atoms with E-state index in [2.05, 4.69) is 10.3 Å². The zero-order valence-electron chi connectivity index (χ0n) is 15.7. The number of fused-ring (bicyclic) bond motifs is 1. The predicted molar refractivity (Wildman–Crippen MR) is 107 cm³/mol. The normalized spacial score (nSPS) is 20.0. The predicted octanol–water partition coefficient (Wildman–Crippen LogP) is 2.82. The molecule has 7 nitrogen and oxygen atoms in total. The van der Waals surface area contributed by atoms with Crippen LogP contribution in [0, 0.1) is 0 Å². The van der Waals surface area contributed by atoms with Gasteiger partial charge in [-0.2, -0.15) is 4.31 Å². The Morgan fingerprint density at radius 1 is 1.21 bits per heavy atom. The summed E-state index contributed by atoms with van der Waals surface area (Å²) in [6.45, 7) is 0.334. The van der Waals surface area contributed by atoms with E-state index in [1.807, 2.05) is 0 Å². The maximum atomic E-state index is 13.1. The molecule has 0 bridgehead atoms. The number of aryl methyl sites for hydroxylation is 2. The molecule has 0 spiro atoms. The van der Waals surface area contributed by atoms with E-state index in [0.29, 0.717) is 30.3 Å². The molecule has 9 heteroatoms. The van der Waals surface area contributed by atoms with Crippen LogP contribution in [-0.2, 0) is 27.7 Å². The SMILES string of the molecule is COc1ccc(S(=O)(=O)N2CCC[C@H]2C(=O)Nc2nc3c(s2)CCCC3)cc1. The summed E-state index contributed by atoms with van der Waals surface area (Å²) in [5.74, 6) is 0.281. The van der Waals surface area contributed by atoms with Gasteiger partial charge in [0.15, 0.2) is 5.13 Å². The van der Waals surface area contributed by atoms with E-state index in [0.717, 1.165) is 31.4 Å². The molecule has 0 saturated carbocycles. The minimum absolute atomic E-state index is 0.165. The van der Waals surface area contributed by atoms with Gasteiger partial charge in [-0.15, -0.1) is 11.3 Å². The lowest BCUT2D eigenvalue weighted by Crippen LogP contribution is -2.43. The number of aromatic nitrogens is 1. The monoisotopic (exact) mass is 421 g/mol. The third-order valence-electron chi connectivity index (χ3n) is 5.25. The first-order chi connectivity index (χ1) is 13.5. The Labute approximate surface area is 168 Å². The molecule has 2 aliphatic rings. The van der Waals surface area contributed by atoms with Crippen LogP contribution in [0.1, 0.15) is 36.3 Å². The number of anilines is 1. The maximum Gasteiger partial charge on any atom is 0.244 e. The summed E-state index contributed by atoms with van der Waals surface area (Å²) < 4.78 is 32.5. The van der Waals surface area contributed by atoms with Gasteiger partial charge in [0.2, 0.25) is 15.9 Å². The molecule has 0 radical (unpaired) electrons. The van der Waals surface area contributed by atoms with E-state index in [9.17, 15) is 13.2 Å². The highest BCUT2D eigenvalue weighted by molar-refractivity contribution is 7.89. The molecule has 1 aliphatic heterocycles. The van der Waals surface area contributed by atoms with E-state index in [1.54, 1.807) is 12.1 Å². The summed E-state index contributed by atoms with van der Waals surface area (Å²) >= 11 is 1.51. The third-order valence-corrected chi connectivity index (χ3v) is 8.24. The molecule has 28 heavy (non-hydrogen) atoms. The number of nitrogens with zero attached hydrogens (tertiary/aromatic N) is 2. The van der Waals surface area contributed by atoms with Gasteiger partial charge in [-0.25, -0.2) is 13.4 Å². The number of benzene rings is 1. The van der Waals surface area contributed by atoms with Crippen molar-refractivity contribution in [2.24, 2.45) is 0 Å². The van der Waals surface area contributed by atoms with Crippen molar-refractivity contribution >= 4 is 32.4 Å². The first-order valence-corrected chi connectivity index (χ1v) is 11.7. The van der Waals surface area contributed by atoms with Crippen LogP contribution in [0.5, 0.6) is 5.75 Å². The highest BCUT2D eigenvalue weighted by Crippen LogP contribution is 2.31. The largest absolute Gasteiger partial charge is 0.497 e. The van der Waals surface area contributed by atoms with Gasteiger partial charge in [0.05, 0.1) is 17.7 Å². The molecular weight excluding hydrogens is 398 g/mol. The highest BCUT2D eigenvalue weighted by Gasteiger charge is 2.39. The van der Waals surface area contributed by atoms with Crippen molar-refractivity contribution in [1.82, 2.24) is 9.29 Å². The molecule has 1 aromatic heterocycles. The van der Waals surface area contributed by atoms with Crippen LogP contribution in [0.25, 0.3) is 0 Å². The fourth-order valence-corrected chi connectivity index (χ4v) is 6.48. The summed E-state index contributed by atoms with van der Waals surface area (Å²) in [6, 6.07) is 5.52. The average molecular weight is 422 g/mol. The van der Waals surface area contributed by atoms with Crippen LogP contribution in [0.4, 0.5) is 5.13 Å². The van der Waals surface area contributed by atoms with Crippen molar-refractivity contribution in [3.63, 3.8) is 0 Å². The van der Waals surface area contributed by atoms with Crippen molar-refractivity contribution in [2.75, 3.05) is 19.0 Å². The molecular formula is C19H23N3O4S2. The number of rotatable bonds is 5. The summed E-state index contributed by atoms with van der Waals surface area (Å²) in [5.41, 5.74) is 1.07. The third kappa shape index (κ3) is 3.66. The standard InChI is InChI=1S/C19H23N3O4S2/c1-26-13-8-10-14(11-9-13)28(24,25)22-12-4-6-16(22)18(23)21-19-20-15-5-2-3-7-17(15)27-19/h8-11,16H,2-7,12H2,1H3,(H,20,21,23)/t16-/m0/s1. The second-order valence-electron chi connectivity index (χ2n) is 7.03. The number of carbonyl (C=O) groups is 1. The van der Waals surface area contributed by atoms with Gasteiger partial charge in [0, 0.05) is 11.4 Å². The van der Waals surface area contributed by atoms with Gasteiger partial charge in [-0.1, -0.05) is 0 Å². The zero-order valence-corrected chi connectivity index (χ0v) is 17.3. The molecule has 4 rings (SSSR count). The summed E-state index contributed by atoms with van der Waals surface area (Å²) in [6.07, 6.45) is 5.39. The van der Waals surface area contributed by atoms with Crippen LogP contribution in [0.3, 0.4) is 0 Å². The maximum absolute atomic E-state index is 13.1. The van der Waals surface area contributed by atoms with Gasteiger partial charge in [0.25, 0.3) is 0 Å². The van der Waals surface area contributed by atoms with Crippen molar-refractivity contribution < 1.29 is 17.9 Å². The Kier molecular flexibility index (Phi) is 5.39. The quantitative estimate of drug-likeness (QED) is 0.802. The molecule has 1 amide bonds. The lowest BCUT2D eigenvalue weighted by molar-refractivity contribution is -0.119. The van der Waals surface area contributed by atoms with Crippen LogP contribution in [0.15, 0.2) is 29.2 Å². The Bertz CT molecular complexity index is 946. The summed E-state index contributed by atoms with van der Waals surface area (Å²) in [7, 11) is -2.22. The average Bonchev–Trinajstić information content (AvgIpc) is 3.35. The van der Waals surface area contributed by atoms with Crippen LogP contribution < -0.4 is 10.1 Å². The minimum Gasteiger partial charge on any atom is -0.497 e. The first kappa shape index (κ1) is 19.4. The molecule has 1 N–H and O–H groups in total. The number of nitrogens with one attached hydrogen (secondary N) is 1. The van der Waals surface area contributed by atoms with Crippen molar-refractivity contribution in [3.05, 3.63) is 34.8 Å². The van der Waals surface area contributed by atoms with Gasteiger partial charge < -0.3 is 10.1 Å². The van der Waals surface area contributed by atoms with E-state index in [-0.39, 0.29) is 10.8 Å². The zero-order chi connectivity index (χ0) is 19.7. The fourth-order valence-electron chi connectivity index (χ4n) is 3.77. The number of hydrogen-bond acceptors (Lipinski definition) is 6. The lowest BCUT2D eigenvalue weighted by Gasteiger charge is -2.23. The smallest absolute Gasteiger partial charge is 0.244 e. The molecule has 2 aromatic rings. The van der Waals surface area contributed by atoms with Crippen LogP contribution in [-0.4, -0.2) is 43.3 Å². The van der Waals surface area contributed by atoms with Gasteiger partial charge in [-0.3, -0.25) is 4.79 Å². The van der Waals surface area contributed by atoms with Crippen molar-refractivity contribution in [2.45, 2.75) is 49.5 Å². The Morgan fingerprint density at radius 3 is 2.68 bits per heavy atom. The minimum atomic E-state index is -3.75. The van der Waals surface area contributed by atoms with Gasteiger partial charge >= 0.3 is 0 Å². The molecule has 1 atom stereocenters. The lowest BCUT2D eigenvalue weighted by atomic mass is 10.0. The second kappa shape index (κ2) is 7.81. The van der Waals surface area contributed by atoms with Gasteiger partial charge in [0.1, 0.15) is 11.8 Å². The molecule has 1 aromatic carbocycles. The molecule has 2 heterocycles. The number of amides is 1. The van der Waals surface area contributed by atoms with Crippen molar-refractivity contribution in [1.29, 1.82) is 0 Å². The molecule has 1 aliphatic carbocycles. The number of thiazole rings is 1. The Morgan fingerprint density at radius 2 is 1.96 bits per heavy atom. The number of methoxy groups -OCH3 is 1. The number of hydrogen-bond donors (Lipinski definition) is 1. The summed E-state index contributed by atoms with van der Waals surface area (Å²) in [4.78, 5) is 18.8. The van der Waals surface area contributed by atoms with Gasteiger partial charge in [-0.05, 0) is 62.8 Å². The number of ether oxygens (including phenoxy) is 1. The van der Waals surface area contributed by atoms with E-state index < -0.39 is 16.1 Å². The van der Waals surface area contributed by atoms with Crippen molar-refractivity contribution in [3.8, 4) is 5.75 Å². The van der Waals surface area contributed by atoms with E-state index in [4.69, 9.17) is 4.74 Å². The molecule has 1 saturated heterocycles. The van der Waals surface area contributed by atoms with E-state index in [1.165, 1.54) is 39.8 Å². The fraction of sp³-hybridized carbons (Fsp3) is 0.474. The number of carbonyl (C=O) groups excluding carboxylic acids is 1. The Balaban J connectivity index is 1.52. The van der Waals surface area contributed by atoms with Crippen LogP contribution in [0.2, 0.25) is 0 Å². The molecule has 150 valence electrons. The highest BCUT2D eigenvalue weighted by atomic mass is 32.2. The van der Waals surface area contributed by atoms with E-state index >= 15 is 0 Å². The Hall–Kier alpha value is -1.97. The number of sulfonamides is 1. The summed E-state index contributed by atoms with van der Waals surface area (Å²) in [5, 5.41) is 3.43. The molecule has 0 unspecified atom stereocenters.